The van der Waals surface area contributed by atoms with E-state index >= 15 is 0 Å². The highest BCUT2D eigenvalue weighted by molar-refractivity contribution is 6.07. The number of aliphatic carboxylic acids is 1. The molecule has 184 valence electrons. The second-order valence-electron chi connectivity index (χ2n) is 13.1. The zero-order chi connectivity index (χ0) is 24.9. The van der Waals surface area contributed by atoms with Crippen LogP contribution in [0.2, 0.25) is 0 Å². The Hall–Kier alpha value is -2.10. The lowest BCUT2D eigenvalue weighted by Gasteiger charge is -2.70. The van der Waals surface area contributed by atoms with Gasteiger partial charge in [-0.1, -0.05) is 45.4 Å². The van der Waals surface area contributed by atoms with E-state index in [1.165, 1.54) is 5.57 Å². The van der Waals surface area contributed by atoms with Crippen molar-refractivity contribution < 1.29 is 19.4 Å². The van der Waals surface area contributed by atoms with Crippen molar-refractivity contribution in [2.75, 3.05) is 7.11 Å². The van der Waals surface area contributed by atoms with Crippen LogP contribution in [0.4, 0.5) is 0 Å². The van der Waals surface area contributed by atoms with Gasteiger partial charge in [0.2, 0.25) is 5.78 Å². The van der Waals surface area contributed by atoms with Crippen LogP contribution in [-0.4, -0.2) is 24.0 Å². The minimum absolute atomic E-state index is 0.0234. The lowest BCUT2D eigenvalue weighted by atomic mass is 9.34. The minimum Gasteiger partial charge on any atom is -0.492 e. The quantitative estimate of drug-likeness (QED) is 0.489. The summed E-state index contributed by atoms with van der Waals surface area (Å²) in [7, 11) is 1.57. The van der Waals surface area contributed by atoms with Gasteiger partial charge in [0.1, 0.15) is 0 Å². The van der Waals surface area contributed by atoms with E-state index in [0.717, 1.165) is 61.7 Å². The number of ether oxygens (including phenoxy) is 1. The number of ketones is 1. The molecule has 0 amide bonds. The van der Waals surface area contributed by atoms with Crippen molar-refractivity contribution in [1.82, 2.24) is 0 Å². The Labute approximate surface area is 204 Å². The molecule has 0 aromatic rings. The number of allylic oxidation sites excluding steroid dienone is 7. The minimum atomic E-state index is -0.642. The van der Waals surface area contributed by atoms with Crippen LogP contribution in [0.15, 0.2) is 46.3 Å². The highest BCUT2D eigenvalue weighted by Crippen LogP contribution is 2.75. The zero-order valence-electron chi connectivity index (χ0n) is 21.9. The molecule has 6 atom stereocenters. The van der Waals surface area contributed by atoms with Crippen molar-refractivity contribution >= 4 is 11.8 Å². The third kappa shape index (κ3) is 2.72. The van der Waals surface area contributed by atoms with Crippen molar-refractivity contribution in [3.05, 3.63) is 46.3 Å². The number of carboxylic acid groups (broad SMARTS) is 1. The molecule has 0 saturated heterocycles. The molecule has 1 unspecified atom stereocenters. The first kappa shape index (κ1) is 23.6. The van der Waals surface area contributed by atoms with Crippen LogP contribution in [0.5, 0.6) is 0 Å². The van der Waals surface area contributed by atoms with Gasteiger partial charge in [-0.05, 0) is 98.2 Å². The Morgan fingerprint density at radius 3 is 2.32 bits per heavy atom. The van der Waals surface area contributed by atoms with Gasteiger partial charge in [-0.25, -0.2) is 0 Å². The first-order valence-electron chi connectivity index (χ1n) is 12.9. The molecular weight excluding hydrogens is 424 g/mol. The van der Waals surface area contributed by atoms with Gasteiger partial charge in [0, 0.05) is 11.0 Å². The summed E-state index contributed by atoms with van der Waals surface area (Å²) in [4.78, 5) is 25.2. The number of rotatable bonds is 2. The van der Waals surface area contributed by atoms with E-state index < -0.39 is 11.4 Å². The number of hydrogen-bond acceptors (Lipinski definition) is 3. The Kier molecular flexibility index (Phi) is 4.85. The normalized spacial score (nSPS) is 45.7. The summed E-state index contributed by atoms with van der Waals surface area (Å²) in [5, 5.41) is 10.1. The van der Waals surface area contributed by atoms with Crippen LogP contribution < -0.4 is 0 Å². The molecule has 4 heteroatoms. The average Bonchev–Trinajstić information content (AvgIpc) is 2.77. The summed E-state index contributed by atoms with van der Waals surface area (Å²) in [5.41, 5.74) is 4.00. The third-order valence-corrected chi connectivity index (χ3v) is 11.6. The number of fused-ring (bicyclic) bond motifs is 7. The van der Waals surface area contributed by atoms with Crippen LogP contribution in [0.3, 0.4) is 0 Å². The molecule has 34 heavy (non-hydrogen) atoms. The van der Waals surface area contributed by atoms with Gasteiger partial charge < -0.3 is 9.84 Å². The fraction of sp³-hybridized carbons (Fsp3) is 0.667. The number of methoxy groups -OCH3 is 1. The lowest BCUT2D eigenvalue weighted by Crippen LogP contribution is -2.62. The number of carboxylic acids is 1. The van der Waals surface area contributed by atoms with E-state index in [9.17, 15) is 14.7 Å². The number of hydrogen-bond donors (Lipinski definition) is 1. The maximum absolute atomic E-state index is 12.9. The summed E-state index contributed by atoms with van der Waals surface area (Å²) in [6.45, 7) is 13.6. The average molecular weight is 465 g/mol. The highest BCUT2D eigenvalue weighted by atomic mass is 16.5. The van der Waals surface area contributed by atoms with Crippen LogP contribution in [0.25, 0.3) is 0 Å². The molecule has 0 spiro atoms. The topological polar surface area (TPSA) is 63.6 Å². The van der Waals surface area contributed by atoms with Crippen molar-refractivity contribution in [1.29, 1.82) is 0 Å². The fourth-order valence-electron chi connectivity index (χ4n) is 8.90. The largest absolute Gasteiger partial charge is 0.492 e. The predicted octanol–water partition coefficient (Wildman–Crippen LogP) is 6.79. The van der Waals surface area contributed by atoms with E-state index in [1.54, 1.807) is 7.11 Å². The van der Waals surface area contributed by atoms with E-state index in [0.29, 0.717) is 11.7 Å². The van der Waals surface area contributed by atoms with Gasteiger partial charge in [0.25, 0.3) is 0 Å². The van der Waals surface area contributed by atoms with Crippen LogP contribution in [0.1, 0.15) is 86.5 Å². The number of carbonyl (C=O) groups is 2. The molecule has 0 aliphatic heterocycles. The zero-order valence-corrected chi connectivity index (χ0v) is 21.9. The summed E-state index contributed by atoms with van der Waals surface area (Å²) in [6, 6.07) is 0. The van der Waals surface area contributed by atoms with Gasteiger partial charge in [0.15, 0.2) is 5.76 Å². The van der Waals surface area contributed by atoms with Gasteiger partial charge in [-0.2, -0.15) is 0 Å². The van der Waals surface area contributed by atoms with E-state index in [4.69, 9.17) is 4.74 Å². The molecule has 3 fully saturated rings. The maximum atomic E-state index is 12.9. The molecule has 5 aliphatic rings. The van der Waals surface area contributed by atoms with Crippen LogP contribution in [0, 0.1) is 33.0 Å². The molecule has 0 radical (unpaired) electrons. The Balaban J connectivity index is 1.64. The monoisotopic (exact) mass is 464 g/mol. The molecular formula is C30H40O4. The molecule has 0 heterocycles. The standard InChI is InChI=1S/C30H40O4/c1-18-19-8-9-22-28(4,20(19)16-21(31)24(18)34-7)13-15-30(6)23-17-27(3,25(32)33)11-10-26(23,2)12-14-29(22,30)5/h8-9,16,23H,10-15,17H2,1-7H3,(H,32,33)/t23-,26-,27-,28+,29?,30+/m1/s1. The molecule has 1 N–H and O–H groups in total. The van der Waals surface area contributed by atoms with Crippen molar-refractivity contribution in [2.24, 2.45) is 33.0 Å². The van der Waals surface area contributed by atoms with Gasteiger partial charge >= 0.3 is 5.97 Å². The molecule has 0 aromatic heterocycles. The predicted molar refractivity (Wildman–Crippen MR) is 133 cm³/mol. The van der Waals surface area contributed by atoms with Crippen molar-refractivity contribution in [3.8, 4) is 0 Å². The molecule has 0 aromatic carbocycles. The van der Waals surface area contributed by atoms with Gasteiger partial charge in [-0.3, -0.25) is 9.59 Å². The summed E-state index contributed by atoms with van der Waals surface area (Å²) in [6.07, 6.45) is 13.2. The second-order valence-corrected chi connectivity index (χ2v) is 13.1. The van der Waals surface area contributed by atoms with Crippen LogP contribution in [-0.2, 0) is 14.3 Å². The summed E-state index contributed by atoms with van der Waals surface area (Å²) >= 11 is 0. The Morgan fingerprint density at radius 1 is 1.00 bits per heavy atom. The lowest BCUT2D eigenvalue weighted by molar-refractivity contribution is -0.178. The fourth-order valence-corrected chi connectivity index (χ4v) is 8.90. The summed E-state index contributed by atoms with van der Waals surface area (Å²) < 4.78 is 5.44. The smallest absolute Gasteiger partial charge is 0.309 e. The molecule has 4 nitrogen and oxygen atoms in total. The Morgan fingerprint density at radius 2 is 1.68 bits per heavy atom. The number of carbonyl (C=O) groups excluding carboxylic acids is 1. The van der Waals surface area contributed by atoms with E-state index in [2.05, 4.69) is 39.8 Å². The Bertz CT molecular complexity index is 1120. The van der Waals surface area contributed by atoms with E-state index in [-0.39, 0.29) is 27.4 Å². The molecule has 5 rings (SSSR count). The van der Waals surface area contributed by atoms with Crippen LogP contribution >= 0.6 is 0 Å². The van der Waals surface area contributed by atoms with Gasteiger partial charge in [0.05, 0.1) is 12.5 Å². The first-order chi connectivity index (χ1) is 15.8. The molecule has 5 aliphatic carbocycles. The summed E-state index contributed by atoms with van der Waals surface area (Å²) in [5.74, 6) is 0.144. The first-order valence-corrected chi connectivity index (χ1v) is 12.9. The maximum Gasteiger partial charge on any atom is 0.309 e. The van der Waals surface area contributed by atoms with E-state index in [1.807, 2.05) is 19.9 Å². The SMILES string of the molecule is COC1=C(C)C2=CC=C3C4(C)CC[C@@]5(C)CC[C@@](C)(C(=O)O)C[C@H]5[C@]4(C)CC[C@@]3(C)C2=CC1=O. The van der Waals surface area contributed by atoms with Gasteiger partial charge in [-0.15, -0.1) is 0 Å². The van der Waals surface area contributed by atoms with Crippen molar-refractivity contribution in [3.63, 3.8) is 0 Å². The second kappa shape index (κ2) is 6.98. The van der Waals surface area contributed by atoms with Crippen molar-refractivity contribution in [2.45, 2.75) is 86.5 Å². The third-order valence-electron chi connectivity index (χ3n) is 11.6. The molecule has 0 bridgehead atoms. The molecule has 3 saturated carbocycles. The highest BCUT2D eigenvalue weighted by Gasteiger charge is 2.67.